The number of hydrogen-bond donors (Lipinski definition) is 3. The quantitative estimate of drug-likeness (QED) is 0.0169. The molecule has 602 valence electrons. The zero-order valence-corrected chi connectivity index (χ0v) is 67.7. The van der Waals surface area contributed by atoms with E-state index in [9.17, 15) is 43.2 Å². The Bertz CT molecular complexity index is 2350. The zero-order chi connectivity index (χ0) is 76.0. The maximum Gasteiger partial charge on any atom is 0.472 e. The number of carbonyl (C=O) groups excluding carboxylic acids is 4. The number of carbonyl (C=O) groups is 4. The fraction of sp³-hybridized carbons (Fsp3) is 0.765. The summed E-state index contributed by atoms with van der Waals surface area (Å²) in [6.45, 7) is 4.71. The van der Waals surface area contributed by atoms with Gasteiger partial charge in [0.1, 0.15) is 19.3 Å². The fourth-order valence-corrected chi connectivity index (χ4v) is 12.8. The van der Waals surface area contributed by atoms with E-state index in [0.29, 0.717) is 32.1 Å². The van der Waals surface area contributed by atoms with Crippen molar-refractivity contribution in [2.45, 2.75) is 380 Å². The molecule has 0 aliphatic heterocycles. The Morgan fingerprint density at radius 3 is 0.827 bits per heavy atom. The highest BCUT2D eigenvalue weighted by atomic mass is 31.2. The largest absolute Gasteiger partial charge is 0.472 e. The Balaban J connectivity index is 5.41. The van der Waals surface area contributed by atoms with Gasteiger partial charge in [-0.25, -0.2) is 9.13 Å². The van der Waals surface area contributed by atoms with Crippen molar-refractivity contribution in [2.75, 3.05) is 39.6 Å². The molecule has 5 atom stereocenters. The summed E-state index contributed by atoms with van der Waals surface area (Å²) in [5, 5.41) is 10.7. The van der Waals surface area contributed by atoms with Gasteiger partial charge in [-0.2, -0.15) is 0 Å². The SMILES string of the molecule is CC/C=C\C/C=C\C/C=C\C/C=C\C/C=C\C/C=C\CCC(=O)OCC(COP(=O)(O)OCC(O)COP(=O)(O)OCC(COC(=O)CCCCCCC/C=C\CCCCCCCC)OC(=O)CCCCCCC/C=C\CCCCCCCC)OC(=O)CCCCCCCCCCCCCCCCC. The lowest BCUT2D eigenvalue weighted by molar-refractivity contribution is -0.161. The molecular formula is C85H150O17P2. The molecular weight excluding hydrogens is 1350 g/mol. The van der Waals surface area contributed by atoms with Crippen molar-refractivity contribution < 1.29 is 80.2 Å². The van der Waals surface area contributed by atoms with Crippen molar-refractivity contribution in [2.24, 2.45) is 0 Å². The highest BCUT2D eigenvalue weighted by Gasteiger charge is 2.30. The van der Waals surface area contributed by atoms with Crippen molar-refractivity contribution in [3.63, 3.8) is 0 Å². The molecule has 0 aliphatic rings. The molecule has 0 rings (SSSR count). The molecule has 104 heavy (non-hydrogen) atoms. The van der Waals surface area contributed by atoms with E-state index in [1.165, 1.54) is 141 Å². The fourth-order valence-electron chi connectivity index (χ4n) is 11.2. The van der Waals surface area contributed by atoms with Gasteiger partial charge < -0.3 is 33.8 Å². The Morgan fingerprint density at radius 1 is 0.279 bits per heavy atom. The van der Waals surface area contributed by atoms with Crippen molar-refractivity contribution in [1.82, 2.24) is 0 Å². The summed E-state index contributed by atoms with van der Waals surface area (Å²) < 4.78 is 68.6. The van der Waals surface area contributed by atoms with Crippen LogP contribution in [0.4, 0.5) is 0 Å². The van der Waals surface area contributed by atoms with Crippen LogP contribution in [0.3, 0.4) is 0 Å². The summed E-state index contributed by atoms with van der Waals surface area (Å²) in [6, 6.07) is 0. The van der Waals surface area contributed by atoms with Gasteiger partial charge in [-0.3, -0.25) is 37.3 Å². The Kier molecular flexibility index (Phi) is 74.2. The molecule has 0 aliphatic carbocycles. The molecule has 3 N–H and O–H groups in total. The summed E-state index contributed by atoms with van der Waals surface area (Å²) in [5.74, 6) is -2.27. The average Bonchev–Trinajstić information content (AvgIpc) is 0.918. The van der Waals surface area contributed by atoms with Crippen molar-refractivity contribution in [1.29, 1.82) is 0 Å². The number of aliphatic hydroxyl groups excluding tert-OH is 1. The monoisotopic (exact) mass is 1510 g/mol. The first-order valence-corrected chi connectivity index (χ1v) is 44.5. The molecule has 0 saturated heterocycles. The lowest BCUT2D eigenvalue weighted by Gasteiger charge is -2.21. The zero-order valence-electron chi connectivity index (χ0n) is 65.9. The molecule has 19 heteroatoms. The van der Waals surface area contributed by atoms with Gasteiger partial charge >= 0.3 is 39.5 Å². The normalized spacial score (nSPS) is 14.3. The molecule has 0 radical (unpaired) electrons. The number of aliphatic hydroxyl groups is 1. The van der Waals surface area contributed by atoms with E-state index >= 15 is 0 Å². The molecule has 0 fully saturated rings. The summed E-state index contributed by atoms with van der Waals surface area (Å²) in [5.41, 5.74) is 0. The second kappa shape index (κ2) is 77.1. The molecule has 0 spiro atoms. The van der Waals surface area contributed by atoms with E-state index < -0.39 is 97.5 Å². The van der Waals surface area contributed by atoms with Gasteiger partial charge in [0.05, 0.1) is 26.4 Å². The number of ether oxygens (including phenoxy) is 4. The van der Waals surface area contributed by atoms with E-state index in [4.69, 9.17) is 37.0 Å². The van der Waals surface area contributed by atoms with Crippen LogP contribution < -0.4 is 0 Å². The number of allylic oxidation sites excluding steroid dienone is 16. The number of unbranched alkanes of at least 4 members (excludes halogenated alkanes) is 36. The Hall–Kier alpha value is -4.02. The third-order valence-corrected chi connectivity index (χ3v) is 19.4. The Labute approximate surface area is 633 Å². The second-order valence-electron chi connectivity index (χ2n) is 27.7. The number of esters is 4. The first kappa shape index (κ1) is 100.0. The van der Waals surface area contributed by atoms with Crippen LogP contribution in [0.25, 0.3) is 0 Å². The standard InChI is InChI=1S/C85H150O17P2/c1-5-9-13-17-21-25-29-33-37-38-39-40-44-46-50-54-58-62-66-70-83(88)96-76-81(102-85(90)72-68-64-60-56-52-48-43-36-32-28-24-20-16-12-8-4)78-100-104(93,94)98-74-79(86)73-97-103(91,92)99-77-80(101-84(89)71-67-63-59-55-51-47-42-35-31-27-23-19-15-11-7-3)75-95-82(87)69-65-61-57-53-49-45-41-34-30-26-22-18-14-10-6-2/h9,13,21,25,33-35,37,39-42,46,50,58,62,79-81,86H,5-8,10-12,14-20,22-24,26-32,36,38,43-45,47-49,51-57,59-61,63-78H2,1-4H3,(H,91,92)(H,93,94)/b13-9-,25-21-,37-33-,40-39-,41-34-,42-35-,50-46-,62-58-. The van der Waals surface area contributed by atoms with Gasteiger partial charge in [-0.15, -0.1) is 0 Å². The predicted octanol–water partition coefficient (Wildman–Crippen LogP) is 24.3. The van der Waals surface area contributed by atoms with Gasteiger partial charge in [0, 0.05) is 25.7 Å². The maximum atomic E-state index is 13.1. The number of phosphoric ester groups is 2. The van der Waals surface area contributed by atoms with Gasteiger partial charge in [0.25, 0.3) is 0 Å². The predicted molar refractivity (Wildman–Crippen MR) is 427 cm³/mol. The van der Waals surface area contributed by atoms with Crippen molar-refractivity contribution >= 4 is 39.5 Å². The van der Waals surface area contributed by atoms with Crippen molar-refractivity contribution in [3.8, 4) is 0 Å². The van der Waals surface area contributed by atoms with Gasteiger partial charge in [-0.05, 0) is 116 Å². The molecule has 0 bridgehead atoms. The molecule has 5 unspecified atom stereocenters. The maximum absolute atomic E-state index is 13.1. The van der Waals surface area contributed by atoms with Crippen LogP contribution in [0.5, 0.6) is 0 Å². The van der Waals surface area contributed by atoms with Gasteiger partial charge in [0.15, 0.2) is 12.2 Å². The molecule has 0 amide bonds. The van der Waals surface area contributed by atoms with E-state index in [1.54, 1.807) is 0 Å². The summed E-state index contributed by atoms with van der Waals surface area (Å²) in [7, 11) is -9.98. The Morgan fingerprint density at radius 2 is 0.519 bits per heavy atom. The number of phosphoric acid groups is 2. The summed E-state index contributed by atoms with van der Waals surface area (Å²) >= 11 is 0. The first-order chi connectivity index (χ1) is 50.7. The molecule has 0 aromatic heterocycles. The van der Waals surface area contributed by atoms with Gasteiger partial charge in [-0.1, -0.05) is 318 Å². The highest BCUT2D eigenvalue weighted by molar-refractivity contribution is 7.47. The van der Waals surface area contributed by atoms with Crippen LogP contribution in [0, 0.1) is 0 Å². The molecule has 17 nitrogen and oxygen atoms in total. The van der Waals surface area contributed by atoms with Crippen LogP contribution in [0.2, 0.25) is 0 Å². The highest BCUT2D eigenvalue weighted by Crippen LogP contribution is 2.45. The van der Waals surface area contributed by atoms with Crippen LogP contribution in [-0.4, -0.2) is 96.7 Å². The minimum absolute atomic E-state index is 0.0380. The molecule has 0 aromatic rings. The molecule has 0 aromatic carbocycles. The number of hydrogen-bond acceptors (Lipinski definition) is 15. The van der Waals surface area contributed by atoms with Crippen LogP contribution in [0.1, 0.15) is 362 Å². The van der Waals surface area contributed by atoms with Gasteiger partial charge in [0.2, 0.25) is 0 Å². The van der Waals surface area contributed by atoms with E-state index in [1.807, 2.05) is 12.2 Å². The van der Waals surface area contributed by atoms with E-state index in [0.717, 1.165) is 135 Å². The lowest BCUT2D eigenvalue weighted by Crippen LogP contribution is -2.30. The summed E-state index contributed by atoms with van der Waals surface area (Å²) in [4.78, 5) is 73.1. The van der Waals surface area contributed by atoms with E-state index in [-0.39, 0.29) is 25.7 Å². The summed E-state index contributed by atoms with van der Waals surface area (Å²) in [6.07, 6.45) is 82.5. The minimum Gasteiger partial charge on any atom is -0.462 e. The number of rotatable bonds is 78. The van der Waals surface area contributed by atoms with E-state index in [2.05, 4.69) is 113 Å². The third-order valence-electron chi connectivity index (χ3n) is 17.5. The second-order valence-corrected chi connectivity index (χ2v) is 30.6. The smallest absolute Gasteiger partial charge is 0.462 e. The average molecular weight is 1510 g/mol. The van der Waals surface area contributed by atoms with Crippen molar-refractivity contribution in [3.05, 3.63) is 97.2 Å². The molecule has 0 heterocycles. The van der Waals surface area contributed by atoms with Crippen LogP contribution in [-0.2, 0) is 65.4 Å². The first-order valence-electron chi connectivity index (χ1n) is 41.5. The van der Waals surface area contributed by atoms with Crippen LogP contribution in [0.15, 0.2) is 97.2 Å². The van der Waals surface area contributed by atoms with Crippen LogP contribution >= 0.6 is 15.6 Å². The topological polar surface area (TPSA) is 237 Å². The minimum atomic E-state index is -4.99. The lowest BCUT2D eigenvalue weighted by atomic mass is 10.0. The molecule has 0 saturated carbocycles. The third kappa shape index (κ3) is 76.2.